The second-order valence-corrected chi connectivity index (χ2v) is 7.36. The first-order valence-corrected chi connectivity index (χ1v) is 9.69. The van der Waals surface area contributed by atoms with Gasteiger partial charge in [0, 0.05) is 21.9 Å². The van der Waals surface area contributed by atoms with Crippen molar-refractivity contribution in [3.63, 3.8) is 0 Å². The van der Waals surface area contributed by atoms with E-state index in [1.807, 2.05) is 37.4 Å². The second kappa shape index (κ2) is 7.48. The molecule has 28 heavy (non-hydrogen) atoms. The zero-order valence-corrected chi connectivity index (χ0v) is 16.6. The average Bonchev–Trinajstić information content (AvgIpc) is 3.31. The first-order chi connectivity index (χ1) is 13.5. The average molecular weight is 393 g/mol. The van der Waals surface area contributed by atoms with Crippen molar-refractivity contribution in [2.24, 2.45) is 0 Å². The van der Waals surface area contributed by atoms with E-state index in [0.29, 0.717) is 17.0 Å². The summed E-state index contributed by atoms with van der Waals surface area (Å²) in [7, 11) is 1.60. The number of fused-ring (bicyclic) bond motifs is 1. The van der Waals surface area contributed by atoms with Crippen LogP contribution in [0.5, 0.6) is 5.75 Å². The normalized spacial score (nSPS) is 11.0. The van der Waals surface area contributed by atoms with Crippen molar-refractivity contribution in [1.29, 1.82) is 0 Å². The van der Waals surface area contributed by atoms with Crippen LogP contribution < -0.4 is 4.74 Å². The minimum atomic E-state index is -0.502. The number of rotatable bonds is 5. The highest BCUT2D eigenvalue weighted by Gasteiger charge is 2.20. The number of hydrogen-bond acceptors (Lipinski definition) is 6. The summed E-state index contributed by atoms with van der Waals surface area (Å²) >= 11 is 1.53. The number of methoxy groups -OCH3 is 1. The molecule has 0 amide bonds. The molecule has 4 aromatic rings. The van der Waals surface area contributed by atoms with Crippen LogP contribution in [0.3, 0.4) is 0 Å². The van der Waals surface area contributed by atoms with Gasteiger partial charge in [0.05, 0.1) is 12.8 Å². The van der Waals surface area contributed by atoms with Crippen molar-refractivity contribution < 1.29 is 18.7 Å². The molecule has 0 aliphatic carbocycles. The Bertz CT molecular complexity index is 1140. The third kappa shape index (κ3) is 3.51. The highest BCUT2D eigenvalue weighted by molar-refractivity contribution is 7.13. The van der Waals surface area contributed by atoms with Crippen LogP contribution >= 0.6 is 11.3 Å². The molecule has 0 aliphatic rings. The third-order valence-electron chi connectivity index (χ3n) is 4.53. The van der Waals surface area contributed by atoms with Gasteiger partial charge in [0.25, 0.3) is 0 Å². The lowest BCUT2D eigenvalue weighted by Gasteiger charge is -2.01. The topological polar surface area (TPSA) is 61.6 Å². The molecule has 0 unspecified atom stereocenters. The number of carbonyl (C=O) groups excluding carboxylic acids is 1. The molecule has 0 bridgehead atoms. The smallest absolute Gasteiger partial charge is 0.374 e. The van der Waals surface area contributed by atoms with E-state index in [1.165, 1.54) is 16.9 Å². The molecule has 0 atom stereocenters. The fourth-order valence-electron chi connectivity index (χ4n) is 2.93. The molecule has 0 N–H and O–H groups in total. The van der Waals surface area contributed by atoms with Crippen LogP contribution in [0, 0.1) is 13.8 Å². The van der Waals surface area contributed by atoms with Crippen LogP contribution in [0.15, 0.2) is 52.3 Å². The first-order valence-electron chi connectivity index (χ1n) is 8.81. The van der Waals surface area contributed by atoms with E-state index in [0.717, 1.165) is 21.5 Å². The van der Waals surface area contributed by atoms with E-state index >= 15 is 0 Å². The number of nitrogens with zero attached hydrogens (tertiary/aromatic N) is 1. The molecule has 0 saturated heterocycles. The number of carbonyl (C=O) groups is 1. The molecule has 6 heteroatoms. The number of thiazole rings is 1. The Balaban J connectivity index is 1.48. The molecule has 2 aromatic carbocycles. The maximum atomic E-state index is 12.5. The fraction of sp³-hybridized carbons (Fsp3) is 0.182. The van der Waals surface area contributed by atoms with E-state index in [4.69, 9.17) is 13.9 Å². The van der Waals surface area contributed by atoms with Crippen LogP contribution in [0.2, 0.25) is 0 Å². The maximum Gasteiger partial charge on any atom is 0.374 e. The van der Waals surface area contributed by atoms with Gasteiger partial charge < -0.3 is 13.9 Å². The molecule has 0 spiro atoms. The van der Waals surface area contributed by atoms with Crippen LogP contribution in [-0.2, 0) is 11.3 Å². The molecule has 2 aromatic heterocycles. The van der Waals surface area contributed by atoms with Gasteiger partial charge in [-0.1, -0.05) is 29.8 Å². The summed E-state index contributed by atoms with van der Waals surface area (Å²) in [5.41, 5.74) is 4.32. The number of furan rings is 1. The summed E-state index contributed by atoms with van der Waals surface area (Å²) in [5, 5.41) is 3.64. The van der Waals surface area contributed by atoms with Crippen molar-refractivity contribution in [2.75, 3.05) is 7.11 Å². The molecular formula is C22H19NO4S. The second-order valence-electron chi connectivity index (χ2n) is 6.50. The summed E-state index contributed by atoms with van der Waals surface area (Å²) < 4.78 is 16.3. The van der Waals surface area contributed by atoms with Crippen LogP contribution in [0.1, 0.15) is 27.4 Å². The lowest BCUT2D eigenvalue weighted by atomic mass is 10.1. The summed E-state index contributed by atoms with van der Waals surface area (Å²) in [5.74, 6) is 0.414. The number of esters is 1. The number of ether oxygens (including phenoxy) is 2. The van der Waals surface area contributed by atoms with Gasteiger partial charge >= 0.3 is 5.97 Å². The molecule has 0 saturated carbocycles. The van der Waals surface area contributed by atoms with Gasteiger partial charge in [0.15, 0.2) is 0 Å². The number of aryl methyl sites for hydroxylation is 2. The Hall–Kier alpha value is -3.12. The third-order valence-corrected chi connectivity index (χ3v) is 5.47. The minimum absolute atomic E-state index is 0.0982. The van der Waals surface area contributed by atoms with Crippen LogP contribution in [0.25, 0.3) is 21.5 Å². The predicted molar refractivity (Wildman–Crippen MR) is 109 cm³/mol. The fourth-order valence-corrected chi connectivity index (χ4v) is 3.74. The van der Waals surface area contributed by atoms with E-state index in [2.05, 4.69) is 17.1 Å². The molecule has 0 aliphatic heterocycles. The van der Waals surface area contributed by atoms with Crippen LogP contribution in [-0.4, -0.2) is 18.1 Å². The predicted octanol–water partition coefficient (Wildman–Crippen LogP) is 5.54. The Morgan fingerprint density at radius 1 is 1.14 bits per heavy atom. The summed E-state index contributed by atoms with van der Waals surface area (Å²) in [4.78, 5) is 17.1. The molecule has 5 nitrogen and oxygen atoms in total. The molecule has 0 radical (unpaired) electrons. The standard InChI is InChI=1S/C22H19NO4S/c1-13-4-6-15(7-5-13)21-23-16(12-28-21)11-26-22(24)20-14(2)18-10-17(25-3)8-9-19(18)27-20/h4-10,12H,11H2,1-3H3. The first kappa shape index (κ1) is 18.3. The van der Waals surface area contributed by atoms with Gasteiger partial charge in [-0.2, -0.15) is 0 Å². The summed E-state index contributed by atoms with van der Waals surface area (Å²) in [6.45, 7) is 3.98. The lowest BCUT2D eigenvalue weighted by molar-refractivity contribution is 0.0433. The molecule has 142 valence electrons. The Morgan fingerprint density at radius 2 is 1.93 bits per heavy atom. The lowest BCUT2D eigenvalue weighted by Crippen LogP contribution is -2.05. The summed E-state index contributed by atoms with van der Waals surface area (Å²) in [6.07, 6.45) is 0. The Labute approximate surface area is 166 Å². The number of hydrogen-bond donors (Lipinski definition) is 0. The van der Waals surface area contributed by atoms with E-state index < -0.39 is 5.97 Å². The van der Waals surface area contributed by atoms with E-state index in [1.54, 1.807) is 19.2 Å². The van der Waals surface area contributed by atoms with Crippen LogP contribution in [0.4, 0.5) is 0 Å². The molecule has 0 fully saturated rings. The van der Waals surface area contributed by atoms with Crippen molar-refractivity contribution in [1.82, 2.24) is 4.98 Å². The van der Waals surface area contributed by atoms with Crippen molar-refractivity contribution >= 4 is 28.3 Å². The number of aromatic nitrogens is 1. The monoisotopic (exact) mass is 393 g/mol. The van der Waals surface area contributed by atoms with Gasteiger partial charge in [-0.15, -0.1) is 11.3 Å². The zero-order valence-electron chi connectivity index (χ0n) is 15.8. The minimum Gasteiger partial charge on any atom is -0.497 e. The Kier molecular flexibility index (Phi) is 4.88. The SMILES string of the molecule is COc1ccc2oc(C(=O)OCc3csc(-c4ccc(C)cc4)n3)c(C)c2c1. The number of benzene rings is 2. The largest absolute Gasteiger partial charge is 0.497 e. The van der Waals surface area contributed by atoms with Crippen molar-refractivity contribution in [2.45, 2.75) is 20.5 Å². The highest BCUT2D eigenvalue weighted by Crippen LogP contribution is 2.29. The van der Waals surface area contributed by atoms with Gasteiger partial charge in [-0.25, -0.2) is 9.78 Å². The highest BCUT2D eigenvalue weighted by atomic mass is 32.1. The molecular weight excluding hydrogens is 374 g/mol. The van der Waals surface area contributed by atoms with Gasteiger partial charge in [-0.3, -0.25) is 0 Å². The van der Waals surface area contributed by atoms with Gasteiger partial charge in [0.2, 0.25) is 5.76 Å². The van der Waals surface area contributed by atoms with Crippen molar-refractivity contribution in [3.05, 3.63) is 70.4 Å². The van der Waals surface area contributed by atoms with Crippen molar-refractivity contribution in [3.8, 4) is 16.3 Å². The van der Waals surface area contributed by atoms with Gasteiger partial charge in [0.1, 0.15) is 22.9 Å². The Morgan fingerprint density at radius 3 is 2.68 bits per heavy atom. The maximum absolute atomic E-state index is 12.5. The van der Waals surface area contributed by atoms with E-state index in [9.17, 15) is 4.79 Å². The molecule has 4 rings (SSSR count). The summed E-state index contributed by atoms with van der Waals surface area (Å²) in [6, 6.07) is 13.6. The zero-order chi connectivity index (χ0) is 19.7. The van der Waals surface area contributed by atoms with E-state index in [-0.39, 0.29) is 12.4 Å². The van der Waals surface area contributed by atoms with Gasteiger partial charge in [-0.05, 0) is 32.0 Å². The molecule has 2 heterocycles. The quantitative estimate of drug-likeness (QED) is 0.417.